The van der Waals surface area contributed by atoms with Gasteiger partial charge in [0.25, 0.3) is 0 Å². The van der Waals surface area contributed by atoms with Gasteiger partial charge in [-0.1, -0.05) is 34.1 Å². The molecule has 0 aliphatic carbocycles. The summed E-state index contributed by atoms with van der Waals surface area (Å²) in [7, 11) is 0. The molecule has 0 aliphatic heterocycles. The van der Waals surface area contributed by atoms with Crippen LogP contribution in [0.5, 0.6) is 0 Å². The number of amides is 1. The fraction of sp³-hybridized carbons (Fsp3) is 0.211. The van der Waals surface area contributed by atoms with E-state index in [1.807, 2.05) is 43.5 Å². The van der Waals surface area contributed by atoms with Crippen molar-refractivity contribution in [3.8, 4) is 0 Å². The molecule has 1 heterocycles. The van der Waals surface area contributed by atoms with E-state index in [1.54, 1.807) is 0 Å². The quantitative estimate of drug-likeness (QED) is 0.600. The molecule has 0 fully saturated rings. The number of fused-ring (bicyclic) bond motifs is 1. The van der Waals surface area contributed by atoms with Gasteiger partial charge in [0, 0.05) is 33.8 Å². The van der Waals surface area contributed by atoms with Gasteiger partial charge >= 0.3 is 0 Å². The molecule has 24 heavy (non-hydrogen) atoms. The lowest BCUT2D eigenvalue weighted by atomic mass is 10.1. The van der Waals surface area contributed by atoms with Crippen molar-refractivity contribution in [1.82, 2.24) is 10.3 Å². The van der Waals surface area contributed by atoms with E-state index in [-0.39, 0.29) is 12.5 Å². The van der Waals surface area contributed by atoms with Crippen LogP contribution in [0.15, 0.2) is 53.1 Å². The Hall–Kier alpha value is -2.27. The molecule has 0 saturated carbocycles. The zero-order valence-electron chi connectivity index (χ0n) is 13.5. The van der Waals surface area contributed by atoms with E-state index in [0.717, 1.165) is 27.7 Å². The number of hydrogen-bond acceptors (Lipinski definition) is 2. The maximum Gasteiger partial charge on any atom is 0.239 e. The van der Waals surface area contributed by atoms with Crippen molar-refractivity contribution < 1.29 is 4.79 Å². The van der Waals surface area contributed by atoms with Crippen LogP contribution < -0.4 is 10.6 Å². The van der Waals surface area contributed by atoms with Crippen molar-refractivity contribution in [3.63, 3.8) is 0 Å². The average Bonchev–Trinajstić information content (AvgIpc) is 2.99. The lowest BCUT2D eigenvalue weighted by Gasteiger charge is -2.09. The first-order chi connectivity index (χ1) is 11.6. The van der Waals surface area contributed by atoms with Crippen LogP contribution in [0.2, 0.25) is 0 Å². The number of anilines is 1. The molecule has 0 atom stereocenters. The van der Waals surface area contributed by atoms with Crippen LogP contribution in [-0.4, -0.2) is 24.0 Å². The van der Waals surface area contributed by atoms with Gasteiger partial charge in [0.05, 0.1) is 6.54 Å². The van der Waals surface area contributed by atoms with Crippen molar-refractivity contribution in [2.75, 3.05) is 18.4 Å². The molecule has 0 bridgehead atoms. The first kappa shape index (κ1) is 16.6. The van der Waals surface area contributed by atoms with Crippen LogP contribution in [-0.2, 0) is 11.2 Å². The number of carbonyl (C=O) groups is 1. The number of nitrogens with one attached hydrogen (secondary N) is 3. The minimum atomic E-state index is -0.00425. The predicted molar refractivity (Wildman–Crippen MR) is 102 cm³/mol. The van der Waals surface area contributed by atoms with Gasteiger partial charge in [-0.25, -0.2) is 0 Å². The molecule has 1 aromatic heterocycles. The van der Waals surface area contributed by atoms with Crippen molar-refractivity contribution >= 4 is 38.4 Å². The smallest absolute Gasteiger partial charge is 0.239 e. The number of aromatic amines is 1. The lowest BCUT2D eigenvalue weighted by Crippen LogP contribution is -2.31. The molecule has 4 nitrogen and oxygen atoms in total. The zero-order valence-corrected chi connectivity index (χ0v) is 15.1. The molecule has 0 unspecified atom stereocenters. The third-order valence-corrected chi connectivity index (χ3v) is 4.89. The number of hydrogen-bond donors (Lipinski definition) is 3. The van der Waals surface area contributed by atoms with Gasteiger partial charge in [-0.15, -0.1) is 0 Å². The Balaban J connectivity index is 1.46. The Labute approximate surface area is 149 Å². The molecule has 0 spiro atoms. The summed E-state index contributed by atoms with van der Waals surface area (Å²) < 4.78 is 1.07. The van der Waals surface area contributed by atoms with Gasteiger partial charge in [-0.05, 0) is 48.7 Å². The maximum absolute atomic E-state index is 12.0. The summed E-state index contributed by atoms with van der Waals surface area (Å²) in [6.45, 7) is 2.92. The van der Waals surface area contributed by atoms with Gasteiger partial charge in [-0.3, -0.25) is 4.79 Å². The van der Waals surface area contributed by atoms with Crippen molar-refractivity contribution in [1.29, 1.82) is 0 Å². The van der Waals surface area contributed by atoms with Crippen LogP contribution in [0, 0.1) is 6.92 Å². The van der Waals surface area contributed by atoms with Gasteiger partial charge in [0.15, 0.2) is 0 Å². The van der Waals surface area contributed by atoms with E-state index >= 15 is 0 Å². The number of aromatic nitrogens is 1. The molecule has 2 aromatic carbocycles. The fourth-order valence-electron chi connectivity index (χ4n) is 2.67. The molecule has 3 aromatic rings. The second-order valence-corrected chi connectivity index (χ2v) is 6.63. The summed E-state index contributed by atoms with van der Waals surface area (Å²) >= 11 is 3.47. The molecule has 0 aliphatic rings. The summed E-state index contributed by atoms with van der Waals surface area (Å²) in [6.07, 6.45) is 2.83. The Morgan fingerprint density at radius 3 is 2.88 bits per heavy atom. The number of H-pyrrole nitrogens is 1. The topological polar surface area (TPSA) is 56.9 Å². The van der Waals surface area contributed by atoms with Crippen LogP contribution in [0.3, 0.4) is 0 Å². The second kappa shape index (κ2) is 7.53. The molecular weight excluding hydrogens is 366 g/mol. The van der Waals surface area contributed by atoms with Gasteiger partial charge in [-0.2, -0.15) is 0 Å². The zero-order chi connectivity index (χ0) is 16.9. The molecule has 3 rings (SSSR count). The SMILES string of the molecule is Cc1cc(NCC(=O)NCCc2c[nH]c3ccccc23)ccc1Br. The highest BCUT2D eigenvalue weighted by Crippen LogP contribution is 2.20. The van der Waals surface area contributed by atoms with E-state index in [9.17, 15) is 4.79 Å². The minimum Gasteiger partial charge on any atom is -0.376 e. The number of halogens is 1. The van der Waals surface area contributed by atoms with E-state index in [1.165, 1.54) is 10.9 Å². The molecule has 5 heteroatoms. The summed E-state index contributed by atoms with van der Waals surface area (Å²) in [5.74, 6) is -0.00425. The monoisotopic (exact) mass is 385 g/mol. The first-order valence-electron chi connectivity index (χ1n) is 7.95. The third kappa shape index (κ3) is 3.97. The maximum atomic E-state index is 12.0. The summed E-state index contributed by atoms with van der Waals surface area (Å²) in [5, 5.41) is 7.32. The van der Waals surface area contributed by atoms with E-state index < -0.39 is 0 Å². The van der Waals surface area contributed by atoms with Crippen LogP contribution >= 0.6 is 15.9 Å². The Morgan fingerprint density at radius 1 is 1.21 bits per heavy atom. The van der Waals surface area contributed by atoms with E-state index in [0.29, 0.717) is 6.54 Å². The van der Waals surface area contributed by atoms with Gasteiger partial charge < -0.3 is 15.6 Å². The molecular formula is C19H20BrN3O. The van der Waals surface area contributed by atoms with Crippen LogP contribution in [0.25, 0.3) is 10.9 Å². The standard InChI is InChI=1S/C19H20BrN3O/c1-13-10-15(6-7-17(13)20)22-12-19(24)21-9-8-14-11-23-18-5-3-2-4-16(14)18/h2-7,10-11,22-23H,8-9,12H2,1H3,(H,21,24). The second-order valence-electron chi connectivity index (χ2n) is 5.78. The lowest BCUT2D eigenvalue weighted by molar-refractivity contribution is -0.119. The predicted octanol–water partition coefficient (Wildman–Crippen LogP) is 4.01. The number of carbonyl (C=O) groups excluding carboxylic acids is 1. The van der Waals surface area contributed by atoms with Crippen LogP contribution in [0.1, 0.15) is 11.1 Å². The van der Waals surface area contributed by atoms with Crippen molar-refractivity contribution in [2.45, 2.75) is 13.3 Å². The van der Waals surface area contributed by atoms with Crippen LogP contribution in [0.4, 0.5) is 5.69 Å². The Bertz CT molecular complexity index is 857. The number of benzene rings is 2. The summed E-state index contributed by atoms with van der Waals surface area (Å²) in [6, 6.07) is 14.1. The molecule has 0 radical (unpaired) electrons. The van der Waals surface area contributed by atoms with Gasteiger partial charge in [0.2, 0.25) is 5.91 Å². The first-order valence-corrected chi connectivity index (χ1v) is 8.74. The van der Waals surface area contributed by atoms with Crippen molar-refractivity contribution in [2.24, 2.45) is 0 Å². The normalized spacial score (nSPS) is 10.8. The third-order valence-electron chi connectivity index (χ3n) is 4.00. The van der Waals surface area contributed by atoms with Crippen molar-refractivity contribution in [3.05, 3.63) is 64.3 Å². The number of aryl methyl sites for hydroxylation is 1. The highest BCUT2D eigenvalue weighted by atomic mass is 79.9. The number of rotatable bonds is 6. The van der Waals surface area contributed by atoms with E-state index in [2.05, 4.69) is 43.7 Å². The molecule has 1 amide bonds. The average molecular weight is 386 g/mol. The molecule has 0 saturated heterocycles. The number of para-hydroxylation sites is 1. The largest absolute Gasteiger partial charge is 0.376 e. The minimum absolute atomic E-state index is 0.00425. The Morgan fingerprint density at radius 2 is 2.04 bits per heavy atom. The highest BCUT2D eigenvalue weighted by Gasteiger charge is 2.05. The van der Waals surface area contributed by atoms with E-state index in [4.69, 9.17) is 0 Å². The molecule has 3 N–H and O–H groups in total. The van der Waals surface area contributed by atoms with Gasteiger partial charge in [0.1, 0.15) is 0 Å². The summed E-state index contributed by atoms with van der Waals surface area (Å²) in [5.41, 5.74) is 4.44. The highest BCUT2D eigenvalue weighted by molar-refractivity contribution is 9.10. The summed E-state index contributed by atoms with van der Waals surface area (Å²) in [4.78, 5) is 15.2. The molecule has 124 valence electrons. The Kier molecular flexibility index (Phi) is 5.20. The fourth-order valence-corrected chi connectivity index (χ4v) is 2.92.